The number of terminal acetylenes is 1. The van der Waals surface area contributed by atoms with Crippen molar-refractivity contribution in [3.63, 3.8) is 0 Å². The van der Waals surface area contributed by atoms with Crippen LogP contribution in [0.3, 0.4) is 0 Å². The molecular weight excluding hydrogens is 180 g/mol. The van der Waals surface area contributed by atoms with Crippen LogP contribution in [-0.4, -0.2) is 9.97 Å². The fourth-order valence-electron chi connectivity index (χ4n) is 0.412. The molecule has 3 heteroatoms. The van der Waals surface area contributed by atoms with E-state index in [0.29, 0.717) is 10.3 Å². The summed E-state index contributed by atoms with van der Waals surface area (Å²) in [6.45, 7) is 0. The standard InChI is InChI=1S/C6H3BrN2/c1-2-5-3-8-4-6(7)9-5/h1,3-4H. The first-order valence-corrected chi connectivity index (χ1v) is 3.06. The maximum atomic E-state index is 5.05. The summed E-state index contributed by atoms with van der Waals surface area (Å²) >= 11 is 3.13. The van der Waals surface area contributed by atoms with Crippen LogP contribution in [0, 0.1) is 12.3 Å². The van der Waals surface area contributed by atoms with Crippen LogP contribution in [0.15, 0.2) is 17.0 Å². The molecule has 0 bridgehead atoms. The molecule has 0 atom stereocenters. The van der Waals surface area contributed by atoms with E-state index in [1.165, 1.54) is 6.20 Å². The Morgan fingerprint density at radius 2 is 2.33 bits per heavy atom. The zero-order valence-corrected chi connectivity index (χ0v) is 6.09. The Labute approximate surface area is 61.5 Å². The van der Waals surface area contributed by atoms with Crippen molar-refractivity contribution in [2.45, 2.75) is 0 Å². The van der Waals surface area contributed by atoms with Gasteiger partial charge in [0.2, 0.25) is 0 Å². The lowest BCUT2D eigenvalue weighted by molar-refractivity contribution is 1.14. The molecule has 2 nitrogen and oxygen atoms in total. The topological polar surface area (TPSA) is 25.8 Å². The smallest absolute Gasteiger partial charge is 0.132 e. The van der Waals surface area contributed by atoms with Gasteiger partial charge in [-0.1, -0.05) is 0 Å². The van der Waals surface area contributed by atoms with Crippen molar-refractivity contribution in [1.29, 1.82) is 0 Å². The van der Waals surface area contributed by atoms with Gasteiger partial charge < -0.3 is 0 Å². The van der Waals surface area contributed by atoms with Gasteiger partial charge >= 0.3 is 0 Å². The van der Waals surface area contributed by atoms with Gasteiger partial charge in [0.1, 0.15) is 10.3 Å². The molecule has 0 aliphatic heterocycles. The predicted octanol–water partition coefficient (Wildman–Crippen LogP) is 1.22. The summed E-state index contributed by atoms with van der Waals surface area (Å²) < 4.78 is 0.665. The van der Waals surface area contributed by atoms with Crippen molar-refractivity contribution >= 4 is 15.9 Å². The molecule has 1 heterocycles. The van der Waals surface area contributed by atoms with E-state index in [1.807, 2.05) is 0 Å². The molecule has 0 radical (unpaired) electrons. The Balaban J connectivity index is 3.12. The average molecular weight is 183 g/mol. The normalized spacial score (nSPS) is 8.44. The molecule has 0 amide bonds. The van der Waals surface area contributed by atoms with Crippen LogP contribution in [0.25, 0.3) is 0 Å². The van der Waals surface area contributed by atoms with Gasteiger partial charge in [-0.25, -0.2) is 4.98 Å². The van der Waals surface area contributed by atoms with E-state index in [2.05, 4.69) is 31.8 Å². The van der Waals surface area contributed by atoms with E-state index in [-0.39, 0.29) is 0 Å². The van der Waals surface area contributed by atoms with E-state index in [1.54, 1.807) is 6.20 Å². The predicted molar refractivity (Wildman–Crippen MR) is 37.7 cm³/mol. The van der Waals surface area contributed by atoms with Gasteiger partial charge in [-0.05, 0) is 21.9 Å². The summed E-state index contributed by atoms with van der Waals surface area (Å²) in [6.07, 6.45) is 8.16. The average Bonchev–Trinajstić information content (AvgIpc) is 1.88. The molecule has 0 fully saturated rings. The van der Waals surface area contributed by atoms with Gasteiger partial charge in [0, 0.05) is 0 Å². The molecule has 0 saturated carbocycles. The molecule has 9 heavy (non-hydrogen) atoms. The van der Waals surface area contributed by atoms with E-state index >= 15 is 0 Å². The molecule has 0 aliphatic carbocycles. The van der Waals surface area contributed by atoms with Crippen LogP contribution in [-0.2, 0) is 0 Å². The fraction of sp³-hybridized carbons (Fsp3) is 0. The number of hydrogen-bond acceptors (Lipinski definition) is 2. The Morgan fingerprint density at radius 1 is 1.56 bits per heavy atom. The highest BCUT2D eigenvalue weighted by Crippen LogP contribution is 2.01. The molecule has 0 saturated heterocycles. The van der Waals surface area contributed by atoms with E-state index < -0.39 is 0 Å². The first-order valence-electron chi connectivity index (χ1n) is 2.27. The summed E-state index contributed by atoms with van der Waals surface area (Å²) in [7, 11) is 0. The zero-order valence-electron chi connectivity index (χ0n) is 4.50. The molecule has 44 valence electrons. The van der Waals surface area contributed by atoms with Gasteiger partial charge in [-0.3, -0.25) is 4.98 Å². The van der Waals surface area contributed by atoms with Gasteiger partial charge in [0.25, 0.3) is 0 Å². The summed E-state index contributed by atoms with van der Waals surface area (Å²) in [4.78, 5) is 7.71. The minimum Gasteiger partial charge on any atom is -0.259 e. The molecule has 0 aliphatic rings. The third-order valence-corrected chi connectivity index (χ3v) is 1.14. The van der Waals surface area contributed by atoms with Crippen LogP contribution < -0.4 is 0 Å². The Bertz CT molecular complexity index is 251. The molecule has 1 aromatic rings. The van der Waals surface area contributed by atoms with Crippen LogP contribution in [0.4, 0.5) is 0 Å². The molecule has 0 unspecified atom stereocenters. The number of halogens is 1. The molecule has 0 N–H and O–H groups in total. The lowest BCUT2D eigenvalue weighted by Crippen LogP contribution is -1.83. The second kappa shape index (κ2) is 2.60. The van der Waals surface area contributed by atoms with Crippen LogP contribution >= 0.6 is 15.9 Å². The zero-order chi connectivity index (χ0) is 6.69. The van der Waals surface area contributed by atoms with Crippen molar-refractivity contribution in [3.05, 3.63) is 22.7 Å². The third kappa shape index (κ3) is 1.51. The van der Waals surface area contributed by atoms with Gasteiger partial charge in [-0.2, -0.15) is 0 Å². The molecule has 0 spiro atoms. The van der Waals surface area contributed by atoms with E-state index in [9.17, 15) is 0 Å². The highest BCUT2D eigenvalue weighted by atomic mass is 79.9. The number of hydrogen-bond donors (Lipinski definition) is 0. The van der Waals surface area contributed by atoms with E-state index in [0.717, 1.165) is 0 Å². The minimum atomic E-state index is 0.546. The largest absolute Gasteiger partial charge is 0.259 e. The monoisotopic (exact) mass is 182 g/mol. The summed E-state index contributed by atoms with van der Waals surface area (Å²) in [5.74, 6) is 2.36. The van der Waals surface area contributed by atoms with Crippen molar-refractivity contribution in [1.82, 2.24) is 9.97 Å². The molecule has 0 aromatic carbocycles. The summed E-state index contributed by atoms with van der Waals surface area (Å²) in [5, 5.41) is 0. The van der Waals surface area contributed by atoms with Crippen molar-refractivity contribution in [2.24, 2.45) is 0 Å². The highest BCUT2D eigenvalue weighted by molar-refractivity contribution is 9.10. The second-order valence-electron chi connectivity index (χ2n) is 1.37. The highest BCUT2D eigenvalue weighted by Gasteiger charge is 1.88. The molecule has 1 aromatic heterocycles. The maximum absolute atomic E-state index is 5.05. The summed E-state index contributed by atoms with van der Waals surface area (Å²) in [5.41, 5.74) is 0.546. The van der Waals surface area contributed by atoms with Gasteiger partial charge in [-0.15, -0.1) is 6.42 Å². The van der Waals surface area contributed by atoms with Crippen molar-refractivity contribution < 1.29 is 0 Å². The molecule has 1 rings (SSSR count). The molecular formula is C6H3BrN2. The quantitative estimate of drug-likeness (QED) is 0.565. The first kappa shape index (κ1) is 6.24. The lowest BCUT2D eigenvalue weighted by Gasteiger charge is -1.87. The first-order chi connectivity index (χ1) is 4.33. The SMILES string of the molecule is C#Cc1cncc(Br)n1. The Kier molecular flexibility index (Phi) is 1.81. The van der Waals surface area contributed by atoms with Gasteiger partial charge in [0.05, 0.1) is 12.4 Å². The number of nitrogens with zero attached hydrogens (tertiary/aromatic N) is 2. The van der Waals surface area contributed by atoms with Crippen LogP contribution in [0.5, 0.6) is 0 Å². The Morgan fingerprint density at radius 3 is 2.78 bits per heavy atom. The van der Waals surface area contributed by atoms with Gasteiger partial charge in [0.15, 0.2) is 0 Å². The number of aromatic nitrogens is 2. The summed E-state index contributed by atoms with van der Waals surface area (Å²) in [6, 6.07) is 0. The third-order valence-electron chi connectivity index (χ3n) is 0.753. The second-order valence-corrected chi connectivity index (χ2v) is 2.18. The Hall–Kier alpha value is -0.880. The minimum absolute atomic E-state index is 0.546. The number of rotatable bonds is 0. The maximum Gasteiger partial charge on any atom is 0.132 e. The van der Waals surface area contributed by atoms with Crippen LogP contribution in [0.1, 0.15) is 5.69 Å². The van der Waals surface area contributed by atoms with Crippen molar-refractivity contribution in [2.75, 3.05) is 0 Å². The fourth-order valence-corrected chi connectivity index (χ4v) is 0.721. The van der Waals surface area contributed by atoms with Crippen molar-refractivity contribution in [3.8, 4) is 12.3 Å². The lowest BCUT2D eigenvalue weighted by atomic mass is 10.5. The van der Waals surface area contributed by atoms with E-state index in [4.69, 9.17) is 6.42 Å². The van der Waals surface area contributed by atoms with Crippen LogP contribution in [0.2, 0.25) is 0 Å².